The molecule has 0 saturated carbocycles. The molecule has 0 bridgehead atoms. The Hall–Kier alpha value is -2.87. The predicted octanol–water partition coefficient (Wildman–Crippen LogP) is 4.43. The molecule has 0 aromatic heterocycles. The molecule has 0 fully saturated rings. The summed E-state index contributed by atoms with van der Waals surface area (Å²) in [5.41, 5.74) is 3.71. The van der Waals surface area contributed by atoms with Gasteiger partial charge in [0.05, 0.1) is 12.3 Å². The van der Waals surface area contributed by atoms with Crippen LogP contribution in [0.2, 0.25) is 0 Å². The van der Waals surface area contributed by atoms with Crippen molar-refractivity contribution in [1.82, 2.24) is 0 Å². The van der Waals surface area contributed by atoms with E-state index in [-0.39, 0.29) is 5.75 Å². The third kappa shape index (κ3) is 3.23. The average Bonchev–Trinajstić information content (AvgIpc) is 2.58. The Labute approximate surface area is 130 Å². The second-order valence-corrected chi connectivity index (χ2v) is 5.03. The van der Waals surface area contributed by atoms with E-state index in [4.69, 9.17) is 4.99 Å². The van der Waals surface area contributed by atoms with Gasteiger partial charge in [0, 0.05) is 11.1 Å². The first-order valence-electron chi connectivity index (χ1n) is 7.27. The lowest BCUT2D eigenvalue weighted by atomic mass is 10.0. The minimum Gasteiger partial charge on any atom is -0.507 e. The number of aromatic hydroxyl groups is 1. The molecule has 3 aromatic carbocycles. The van der Waals surface area contributed by atoms with Gasteiger partial charge in [-0.2, -0.15) is 0 Å². The Kier molecular flexibility index (Phi) is 4.30. The quantitative estimate of drug-likeness (QED) is 0.707. The van der Waals surface area contributed by atoms with Crippen LogP contribution in [0.1, 0.15) is 16.7 Å². The van der Waals surface area contributed by atoms with Crippen LogP contribution in [0.5, 0.6) is 5.75 Å². The van der Waals surface area contributed by atoms with Crippen LogP contribution in [-0.4, -0.2) is 10.8 Å². The average molecular weight is 287 g/mol. The smallest absolute Gasteiger partial charge is 0.124 e. The normalized spacial score (nSPS) is 11.4. The van der Waals surface area contributed by atoms with E-state index in [1.165, 1.54) is 0 Å². The Balaban J connectivity index is 2.02. The van der Waals surface area contributed by atoms with E-state index in [1.54, 1.807) is 6.07 Å². The second kappa shape index (κ2) is 6.72. The zero-order valence-electron chi connectivity index (χ0n) is 12.2. The fourth-order valence-electron chi connectivity index (χ4n) is 2.36. The van der Waals surface area contributed by atoms with Crippen LogP contribution in [0, 0.1) is 0 Å². The van der Waals surface area contributed by atoms with Gasteiger partial charge in [0.1, 0.15) is 5.75 Å². The number of hydrogen-bond donors (Lipinski definition) is 1. The molecule has 0 aliphatic heterocycles. The molecule has 0 atom stereocenters. The highest BCUT2D eigenvalue weighted by Crippen LogP contribution is 2.21. The van der Waals surface area contributed by atoms with Crippen LogP contribution in [-0.2, 0) is 6.54 Å². The van der Waals surface area contributed by atoms with Crippen molar-refractivity contribution in [1.29, 1.82) is 0 Å². The summed E-state index contributed by atoms with van der Waals surface area (Å²) in [6.45, 7) is 0.583. The van der Waals surface area contributed by atoms with Gasteiger partial charge in [-0.3, -0.25) is 4.99 Å². The zero-order valence-corrected chi connectivity index (χ0v) is 12.2. The molecule has 3 rings (SSSR count). The number of nitrogens with zero attached hydrogens (tertiary/aromatic N) is 1. The summed E-state index contributed by atoms with van der Waals surface area (Å²) in [6.07, 6.45) is 0. The standard InChI is InChI=1S/C20H17NO/c22-19-14-8-7-13-18(19)20(17-11-5-2-6-12-17)21-15-16-9-3-1-4-10-16/h1-14,22H,15H2. The summed E-state index contributed by atoms with van der Waals surface area (Å²) in [5.74, 6) is 0.248. The van der Waals surface area contributed by atoms with Crippen molar-refractivity contribution in [2.45, 2.75) is 6.54 Å². The highest BCUT2D eigenvalue weighted by atomic mass is 16.3. The molecule has 2 heteroatoms. The van der Waals surface area contributed by atoms with Gasteiger partial charge < -0.3 is 5.11 Å². The van der Waals surface area contributed by atoms with Gasteiger partial charge >= 0.3 is 0 Å². The molecule has 0 aliphatic carbocycles. The minimum absolute atomic E-state index is 0.248. The maximum Gasteiger partial charge on any atom is 0.124 e. The molecular weight excluding hydrogens is 270 g/mol. The molecule has 0 saturated heterocycles. The van der Waals surface area contributed by atoms with Crippen molar-refractivity contribution in [3.8, 4) is 5.75 Å². The second-order valence-electron chi connectivity index (χ2n) is 5.03. The molecule has 1 N–H and O–H groups in total. The van der Waals surface area contributed by atoms with Gasteiger partial charge in [-0.15, -0.1) is 0 Å². The Morgan fingerprint density at radius 2 is 1.32 bits per heavy atom. The summed E-state index contributed by atoms with van der Waals surface area (Å²) >= 11 is 0. The minimum atomic E-state index is 0.248. The van der Waals surface area contributed by atoms with E-state index in [0.717, 1.165) is 22.4 Å². The molecule has 2 nitrogen and oxygen atoms in total. The molecular formula is C20H17NO. The molecule has 0 amide bonds. The summed E-state index contributed by atoms with van der Waals surface area (Å²) < 4.78 is 0. The van der Waals surface area contributed by atoms with Crippen molar-refractivity contribution >= 4 is 5.71 Å². The van der Waals surface area contributed by atoms with Crippen molar-refractivity contribution in [3.05, 3.63) is 102 Å². The van der Waals surface area contributed by atoms with E-state index in [2.05, 4.69) is 12.1 Å². The molecule has 0 heterocycles. The molecule has 108 valence electrons. The first-order chi connectivity index (χ1) is 10.8. The van der Waals surface area contributed by atoms with Crippen LogP contribution < -0.4 is 0 Å². The SMILES string of the molecule is Oc1ccccc1C(=NCc1ccccc1)c1ccccc1. The summed E-state index contributed by atoms with van der Waals surface area (Å²) in [5, 5.41) is 10.2. The molecule has 0 spiro atoms. The lowest BCUT2D eigenvalue weighted by Gasteiger charge is -2.09. The van der Waals surface area contributed by atoms with Gasteiger partial charge in [-0.05, 0) is 17.7 Å². The number of phenolic OH excluding ortho intramolecular Hbond substituents is 1. The van der Waals surface area contributed by atoms with Crippen LogP contribution in [0.25, 0.3) is 0 Å². The van der Waals surface area contributed by atoms with Gasteiger partial charge in [0.25, 0.3) is 0 Å². The number of phenols is 1. The van der Waals surface area contributed by atoms with Gasteiger partial charge in [0.15, 0.2) is 0 Å². The monoisotopic (exact) mass is 287 g/mol. The first kappa shape index (κ1) is 14.1. The van der Waals surface area contributed by atoms with E-state index in [9.17, 15) is 5.11 Å². The third-order valence-corrected chi connectivity index (χ3v) is 3.47. The Morgan fingerprint density at radius 1 is 0.727 bits per heavy atom. The molecule has 22 heavy (non-hydrogen) atoms. The van der Waals surface area contributed by atoms with E-state index in [1.807, 2.05) is 66.7 Å². The predicted molar refractivity (Wildman–Crippen MR) is 90.3 cm³/mol. The van der Waals surface area contributed by atoms with Crippen LogP contribution in [0.4, 0.5) is 0 Å². The maximum absolute atomic E-state index is 10.2. The molecule has 3 aromatic rings. The van der Waals surface area contributed by atoms with Gasteiger partial charge in [-0.1, -0.05) is 72.8 Å². The Morgan fingerprint density at radius 3 is 2.00 bits per heavy atom. The van der Waals surface area contributed by atoms with E-state index >= 15 is 0 Å². The number of benzene rings is 3. The van der Waals surface area contributed by atoms with E-state index < -0.39 is 0 Å². The summed E-state index contributed by atoms with van der Waals surface area (Å²) in [6, 6.07) is 27.4. The van der Waals surface area contributed by atoms with Gasteiger partial charge in [-0.25, -0.2) is 0 Å². The van der Waals surface area contributed by atoms with Crippen LogP contribution >= 0.6 is 0 Å². The zero-order chi connectivity index (χ0) is 15.2. The summed E-state index contributed by atoms with van der Waals surface area (Å²) in [4.78, 5) is 4.75. The largest absolute Gasteiger partial charge is 0.507 e. The van der Waals surface area contributed by atoms with Crippen LogP contribution in [0.15, 0.2) is 89.9 Å². The van der Waals surface area contributed by atoms with Crippen molar-refractivity contribution in [2.75, 3.05) is 0 Å². The van der Waals surface area contributed by atoms with Crippen LogP contribution in [0.3, 0.4) is 0 Å². The van der Waals surface area contributed by atoms with E-state index in [0.29, 0.717) is 6.54 Å². The lowest BCUT2D eigenvalue weighted by Crippen LogP contribution is -2.04. The molecule has 0 radical (unpaired) electrons. The van der Waals surface area contributed by atoms with Crippen molar-refractivity contribution in [2.24, 2.45) is 4.99 Å². The number of hydrogen-bond acceptors (Lipinski definition) is 2. The number of para-hydroxylation sites is 1. The van der Waals surface area contributed by atoms with Gasteiger partial charge in [0.2, 0.25) is 0 Å². The maximum atomic E-state index is 10.2. The molecule has 0 unspecified atom stereocenters. The van der Waals surface area contributed by atoms with Crippen molar-refractivity contribution < 1.29 is 5.11 Å². The lowest BCUT2D eigenvalue weighted by molar-refractivity contribution is 0.474. The first-order valence-corrected chi connectivity index (χ1v) is 7.27. The molecule has 0 aliphatic rings. The number of aliphatic imine (C=N–C) groups is 1. The Bertz CT molecular complexity index is 764. The van der Waals surface area contributed by atoms with Crippen molar-refractivity contribution in [3.63, 3.8) is 0 Å². The fraction of sp³-hybridized carbons (Fsp3) is 0.0500. The fourth-order valence-corrected chi connectivity index (χ4v) is 2.36. The summed E-state index contributed by atoms with van der Waals surface area (Å²) in [7, 11) is 0. The topological polar surface area (TPSA) is 32.6 Å². The highest BCUT2D eigenvalue weighted by Gasteiger charge is 2.10. The third-order valence-electron chi connectivity index (χ3n) is 3.47. The highest BCUT2D eigenvalue weighted by molar-refractivity contribution is 6.14. The number of rotatable bonds is 4.